The van der Waals surface area contributed by atoms with Gasteiger partial charge in [0.25, 0.3) is 0 Å². The summed E-state index contributed by atoms with van der Waals surface area (Å²) in [5.74, 6) is 0.339. The van der Waals surface area contributed by atoms with Gasteiger partial charge in [0, 0.05) is 12.5 Å². The van der Waals surface area contributed by atoms with Crippen molar-refractivity contribution in [3.8, 4) is 0 Å². The van der Waals surface area contributed by atoms with Crippen LogP contribution in [0.2, 0.25) is 0 Å². The van der Waals surface area contributed by atoms with Crippen molar-refractivity contribution in [3.05, 3.63) is 0 Å². The zero-order valence-electron chi connectivity index (χ0n) is 9.75. The number of nitrogens with two attached hydrogens (primary N) is 1. The van der Waals surface area contributed by atoms with E-state index in [9.17, 15) is 0 Å². The maximum atomic E-state index is 5.60. The Bertz CT molecular complexity index is 159. The van der Waals surface area contributed by atoms with Crippen molar-refractivity contribution in [2.75, 3.05) is 19.6 Å². The Hall–Kier alpha value is -0.150. The van der Waals surface area contributed by atoms with Crippen LogP contribution < -0.4 is 5.73 Å². The van der Waals surface area contributed by atoms with Crippen LogP contribution in [0, 0.1) is 5.92 Å². The minimum Gasteiger partial charge on any atom is -0.393 e. The fraction of sp³-hybridized carbons (Fsp3) is 0.909. The highest BCUT2D eigenvalue weighted by atomic mass is 32.1. The van der Waals surface area contributed by atoms with Crippen molar-refractivity contribution < 1.29 is 0 Å². The van der Waals surface area contributed by atoms with Crippen LogP contribution in [0.25, 0.3) is 0 Å². The third kappa shape index (κ3) is 6.33. The molecule has 2 N–H and O–H groups in total. The Morgan fingerprint density at radius 1 is 1.36 bits per heavy atom. The molecule has 0 aliphatic heterocycles. The number of unbranched alkanes of at least 4 members (excludes halogenated alkanes) is 2. The predicted octanol–water partition coefficient (Wildman–Crippen LogP) is 2.42. The molecule has 0 aromatic heterocycles. The first kappa shape index (κ1) is 13.8. The summed E-state index contributed by atoms with van der Waals surface area (Å²) in [4.78, 5) is 3.07. The second-order valence-corrected chi connectivity index (χ2v) is 4.38. The Morgan fingerprint density at radius 2 is 2.00 bits per heavy atom. The zero-order chi connectivity index (χ0) is 11.0. The Labute approximate surface area is 93.8 Å². The standard InChI is InChI=1S/C11H24N2S/c1-4-6-7-8-13(5-2)9-10(3)11(12)14/h10H,4-9H2,1-3H3,(H2,12,14). The Kier molecular flexibility index (Phi) is 8.09. The highest BCUT2D eigenvalue weighted by molar-refractivity contribution is 7.80. The fourth-order valence-electron chi connectivity index (χ4n) is 1.44. The highest BCUT2D eigenvalue weighted by Crippen LogP contribution is 2.03. The van der Waals surface area contributed by atoms with Crippen LogP contribution in [0.3, 0.4) is 0 Å². The van der Waals surface area contributed by atoms with Gasteiger partial charge in [0.1, 0.15) is 0 Å². The molecule has 0 bridgehead atoms. The monoisotopic (exact) mass is 216 g/mol. The predicted molar refractivity (Wildman–Crippen MR) is 67.6 cm³/mol. The van der Waals surface area contributed by atoms with Gasteiger partial charge in [0.15, 0.2) is 0 Å². The fourth-order valence-corrected chi connectivity index (χ4v) is 1.52. The molecule has 0 rings (SSSR count). The summed E-state index contributed by atoms with van der Waals surface area (Å²) in [6, 6.07) is 0. The number of hydrogen-bond acceptors (Lipinski definition) is 2. The lowest BCUT2D eigenvalue weighted by Gasteiger charge is -2.23. The van der Waals surface area contributed by atoms with Gasteiger partial charge in [-0.3, -0.25) is 0 Å². The van der Waals surface area contributed by atoms with Gasteiger partial charge in [-0.15, -0.1) is 0 Å². The summed E-state index contributed by atoms with van der Waals surface area (Å²) in [7, 11) is 0. The van der Waals surface area contributed by atoms with Crippen LogP contribution in [0.5, 0.6) is 0 Å². The normalized spacial score (nSPS) is 13.1. The smallest absolute Gasteiger partial charge is 0.0768 e. The average molecular weight is 216 g/mol. The first-order valence-electron chi connectivity index (χ1n) is 5.63. The molecule has 0 saturated heterocycles. The number of nitrogens with zero attached hydrogens (tertiary/aromatic N) is 1. The maximum Gasteiger partial charge on any atom is 0.0768 e. The van der Waals surface area contributed by atoms with E-state index >= 15 is 0 Å². The lowest BCUT2D eigenvalue weighted by molar-refractivity contribution is 0.266. The molecule has 0 heterocycles. The summed E-state index contributed by atoms with van der Waals surface area (Å²) >= 11 is 4.97. The van der Waals surface area contributed by atoms with Crippen LogP contribution in [-0.2, 0) is 0 Å². The third-order valence-electron chi connectivity index (χ3n) is 2.54. The molecule has 1 atom stereocenters. The molecule has 1 unspecified atom stereocenters. The van der Waals surface area contributed by atoms with Gasteiger partial charge in [-0.05, 0) is 19.5 Å². The molecule has 14 heavy (non-hydrogen) atoms. The maximum absolute atomic E-state index is 5.60. The lowest BCUT2D eigenvalue weighted by atomic mass is 10.1. The molecule has 3 heteroatoms. The van der Waals surface area contributed by atoms with E-state index < -0.39 is 0 Å². The molecule has 0 aliphatic rings. The molecule has 0 aliphatic carbocycles. The highest BCUT2D eigenvalue weighted by Gasteiger charge is 2.09. The molecule has 0 fully saturated rings. The third-order valence-corrected chi connectivity index (χ3v) is 2.95. The van der Waals surface area contributed by atoms with Crippen LogP contribution in [0.1, 0.15) is 40.0 Å². The first-order valence-corrected chi connectivity index (χ1v) is 6.04. The van der Waals surface area contributed by atoms with Crippen LogP contribution in [0.15, 0.2) is 0 Å². The van der Waals surface area contributed by atoms with Crippen molar-refractivity contribution in [2.45, 2.75) is 40.0 Å². The molecule has 0 spiro atoms. The topological polar surface area (TPSA) is 29.3 Å². The van der Waals surface area contributed by atoms with Crippen molar-refractivity contribution in [1.29, 1.82) is 0 Å². The van der Waals surface area contributed by atoms with Crippen molar-refractivity contribution in [2.24, 2.45) is 11.7 Å². The van der Waals surface area contributed by atoms with E-state index in [2.05, 4.69) is 25.7 Å². The van der Waals surface area contributed by atoms with Gasteiger partial charge in [-0.1, -0.05) is 45.8 Å². The molecule has 0 amide bonds. The minimum atomic E-state index is 0.339. The molecular formula is C11H24N2S. The van der Waals surface area contributed by atoms with Gasteiger partial charge in [0.05, 0.1) is 4.99 Å². The second-order valence-electron chi connectivity index (χ2n) is 3.90. The average Bonchev–Trinajstić information content (AvgIpc) is 2.16. The SMILES string of the molecule is CCCCCN(CC)CC(C)C(N)=S. The van der Waals surface area contributed by atoms with E-state index in [1.807, 2.05) is 0 Å². The molecule has 0 saturated carbocycles. The number of rotatable bonds is 8. The zero-order valence-corrected chi connectivity index (χ0v) is 10.6. The van der Waals surface area contributed by atoms with Crippen LogP contribution >= 0.6 is 12.2 Å². The van der Waals surface area contributed by atoms with Gasteiger partial charge in [-0.2, -0.15) is 0 Å². The summed E-state index contributed by atoms with van der Waals surface area (Å²) in [6.07, 6.45) is 3.88. The van der Waals surface area contributed by atoms with Crippen LogP contribution in [0.4, 0.5) is 0 Å². The van der Waals surface area contributed by atoms with Crippen molar-refractivity contribution in [1.82, 2.24) is 4.90 Å². The van der Waals surface area contributed by atoms with E-state index in [0.29, 0.717) is 10.9 Å². The molecule has 0 aromatic carbocycles. The summed E-state index contributed by atoms with van der Waals surface area (Å²) in [5.41, 5.74) is 5.60. The van der Waals surface area contributed by atoms with E-state index in [1.54, 1.807) is 0 Å². The summed E-state index contributed by atoms with van der Waals surface area (Å²) in [5, 5.41) is 0. The Morgan fingerprint density at radius 3 is 2.43 bits per heavy atom. The number of thiocarbonyl (C=S) groups is 1. The number of hydrogen-bond donors (Lipinski definition) is 1. The lowest BCUT2D eigenvalue weighted by Crippen LogP contribution is -2.34. The van der Waals surface area contributed by atoms with E-state index in [4.69, 9.17) is 18.0 Å². The molecule has 0 radical (unpaired) electrons. The van der Waals surface area contributed by atoms with E-state index in [0.717, 1.165) is 13.1 Å². The summed E-state index contributed by atoms with van der Waals surface area (Å²) < 4.78 is 0. The van der Waals surface area contributed by atoms with Gasteiger partial charge in [0.2, 0.25) is 0 Å². The van der Waals surface area contributed by atoms with E-state index in [-0.39, 0.29) is 0 Å². The molecule has 84 valence electrons. The molecule has 2 nitrogen and oxygen atoms in total. The molecular weight excluding hydrogens is 192 g/mol. The van der Waals surface area contributed by atoms with Crippen LogP contribution in [-0.4, -0.2) is 29.5 Å². The van der Waals surface area contributed by atoms with E-state index in [1.165, 1.54) is 25.8 Å². The first-order chi connectivity index (χ1) is 6.61. The van der Waals surface area contributed by atoms with Gasteiger partial charge < -0.3 is 10.6 Å². The quantitative estimate of drug-likeness (QED) is 0.499. The Balaban J connectivity index is 3.72. The van der Waals surface area contributed by atoms with Crippen molar-refractivity contribution >= 4 is 17.2 Å². The van der Waals surface area contributed by atoms with Crippen molar-refractivity contribution in [3.63, 3.8) is 0 Å². The summed E-state index contributed by atoms with van der Waals surface area (Å²) in [6.45, 7) is 9.81. The second kappa shape index (κ2) is 8.18. The molecule has 0 aromatic rings. The van der Waals surface area contributed by atoms with Gasteiger partial charge >= 0.3 is 0 Å². The van der Waals surface area contributed by atoms with Gasteiger partial charge in [-0.25, -0.2) is 0 Å². The minimum absolute atomic E-state index is 0.339. The largest absolute Gasteiger partial charge is 0.393 e.